The Morgan fingerprint density at radius 2 is 1.86 bits per heavy atom. The molecule has 0 saturated carbocycles. The van der Waals surface area contributed by atoms with Crippen molar-refractivity contribution in [1.82, 2.24) is 10.2 Å². The van der Waals surface area contributed by atoms with E-state index in [1.54, 1.807) is 0 Å². The molecule has 0 spiro atoms. The Hall–Kier alpha value is -1.35. The fraction of sp³-hybridized carbons (Fsp3) is 0.611. The highest BCUT2D eigenvalue weighted by atomic mass is 16.1. The van der Waals surface area contributed by atoms with Gasteiger partial charge in [0.2, 0.25) is 5.91 Å². The van der Waals surface area contributed by atoms with E-state index in [2.05, 4.69) is 43.2 Å². The lowest BCUT2D eigenvalue weighted by atomic mass is 9.93. The largest absolute Gasteiger partial charge is 0.349 e. The van der Waals surface area contributed by atoms with Gasteiger partial charge in [0.1, 0.15) is 0 Å². The van der Waals surface area contributed by atoms with Gasteiger partial charge in [-0.05, 0) is 50.9 Å². The number of likely N-dealkylation sites (tertiary alicyclic amines) is 1. The van der Waals surface area contributed by atoms with Gasteiger partial charge in [-0.15, -0.1) is 0 Å². The van der Waals surface area contributed by atoms with Crippen molar-refractivity contribution in [2.45, 2.75) is 39.2 Å². The van der Waals surface area contributed by atoms with Crippen LogP contribution in [0.1, 0.15) is 44.7 Å². The maximum Gasteiger partial charge on any atom is 0.223 e. The lowest BCUT2D eigenvalue weighted by molar-refractivity contribution is -0.127. The Balaban J connectivity index is 1.99. The first kappa shape index (κ1) is 16.0. The standard InChI is InChI=1S/C18H28N2O/c1-14(2)13-17(15-7-5-4-6-8-15)19-18(21)16-9-11-20(3)12-10-16/h4-8,14,16-17H,9-13H2,1-3H3,(H,19,21)/t17-/m0/s1. The summed E-state index contributed by atoms with van der Waals surface area (Å²) in [6, 6.07) is 10.5. The zero-order valence-corrected chi connectivity index (χ0v) is 13.5. The number of nitrogens with one attached hydrogen (secondary N) is 1. The molecule has 0 unspecified atom stereocenters. The van der Waals surface area contributed by atoms with Gasteiger partial charge in [0.25, 0.3) is 0 Å². The summed E-state index contributed by atoms with van der Waals surface area (Å²) in [4.78, 5) is 14.8. The van der Waals surface area contributed by atoms with Crippen LogP contribution in [0.15, 0.2) is 30.3 Å². The lowest BCUT2D eigenvalue weighted by Crippen LogP contribution is -2.40. The normalized spacial score (nSPS) is 18.7. The molecular formula is C18H28N2O. The lowest BCUT2D eigenvalue weighted by Gasteiger charge is -2.30. The second-order valence-electron chi connectivity index (χ2n) is 6.68. The molecule has 2 rings (SSSR count). The minimum atomic E-state index is 0.137. The van der Waals surface area contributed by atoms with E-state index in [0.717, 1.165) is 32.4 Å². The molecule has 1 aromatic rings. The van der Waals surface area contributed by atoms with E-state index in [-0.39, 0.29) is 17.9 Å². The molecule has 0 aromatic heterocycles. The topological polar surface area (TPSA) is 32.3 Å². The first-order chi connectivity index (χ1) is 10.1. The summed E-state index contributed by atoms with van der Waals surface area (Å²) in [5, 5.41) is 3.29. The Kier molecular flexibility index (Phi) is 5.80. The molecule has 0 radical (unpaired) electrons. The zero-order chi connectivity index (χ0) is 15.2. The number of carbonyl (C=O) groups excluding carboxylic acids is 1. The van der Waals surface area contributed by atoms with Crippen LogP contribution in [0, 0.1) is 11.8 Å². The molecule has 3 nitrogen and oxygen atoms in total. The molecule has 116 valence electrons. The molecule has 1 saturated heterocycles. The third-order valence-electron chi connectivity index (χ3n) is 4.31. The average Bonchev–Trinajstić information content (AvgIpc) is 2.47. The number of amides is 1. The van der Waals surface area contributed by atoms with Crippen molar-refractivity contribution in [2.75, 3.05) is 20.1 Å². The number of rotatable bonds is 5. The van der Waals surface area contributed by atoms with Crippen LogP contribution >= 0.6 is 0 Å². The summed E-state index contributed by atoms with van der Waals surface area (Å²) in [6.45, 7) is 6.46. The van der Waals surface area contributed by atoms with Crippen molar-refractivity contribution < 1.29 is 4.79 Å². The molecule has 1 heterocycles. The predicted molar refractivity (Wildman–Crippen MR) is 87.0 cm³/mol. The Morgan fingerprint density at radius 1 is 1.24 bits per heavy atom. The van der Waals surface area contributed by atoms with Gasteiger partial charge in [0.05, 0.1) is 6.04 Å². The number of hydrogen-bond donors (Lipinski definition) is 1. The van der Waals surface area contributed by atoms with Crippen molar-refractivity contribution in [3.63, 3.8) is 0 Å². The molecule has 21 heavy (non-hydrogen) atoms. The second kappa shape index (κ2) is 7.60. The predicted octanol–water partition coefficient (Wildman–Crippen LogP) is 3.23. The van der Waals surface area contributed by atoms with Crippen LogP contribution in [0.2, 0.25) is 0 Å². The summed E-state index contributed by atoms with van der Waals surface area (Å²) in [5.74, 6) is 0.977. The summed E-state index contributed by atoms with van der Waals surface area (Å²) < 4.78 is 0. The maximum atomic E-state index is 12.5. The van der Waals surface area contributed by atoms with Crippen molar-refractivity contribution in [3.05, 3.63) is 35.9 Å². The molecule has 1 amide bonds. The van der Waals surface area contributed by atoms with E-state index in [4.69, 9.17) is 0 Å². The van der Waals surface area contributed by atoms with Gasteiger partial charge >= 0.3 is 0 Å². The molecule has 3 heteroatoms. The van der Waals surface area contributed by atoms with Crippen molar-refractivity contribution in [1.29, 1.82) is 0 Å². The van der Waals surface area contributed by atoms with Gasteiger partial charge in [-0.2, -0.15) is 0 Å². The van der Waals surface area contributed by atoms with Crippen LogP contribution in [-0.2, 0) is 4.79 Å². The van der Waals surface area contributed by atoms with Crippen LogP contribution in [0.4, 0.5) is 0 Å². The fourth-order valence-corrected chi connectivity index (χ4v) is 3.00. The third kappa shape index (κ3) is 4.85. The van der Waals surface area contributed by atoms with Crippen molar-refractivity contribution in [2.24, 2.45) is 11.8 Å². The zero-order valence-electron chi connectivity index (χ0n) is 13.5. The van der Waals surface area contributed by atoms with Crippen LogP contribution in [0.25, 0.3) is 0 Å². The Labute approximate surface area is 128 Å². The van der Waals surface area contributed by atoms with Gasteiger partial charge in [0.15, 0.2) is 0 Å². The molecule has 0 bridgehead atoms. The molecule has 1 aromatic carbocycles. The second-order valence-corrected chi connectivity index (χ2v) is 6.68. The molecule has 1 aliphatic rings. The number of benzene rings is 1. The Bertz CT molecular complexity index is 436. The first-order valence-corrected chi connectivity index (χ1v) is 8.10. The number of hydrogen-bond acceptors (Lipinski definition) is 2. The molecule has 1 N–H and O–H groups in total. The van der Waals surface area contributed by atoms with Crippen molar-refractivity contribution in [3.8, 4) is 0 Å². The van der Waals surface area contributed by atoms with E-state index in [1.807, 2.05) is 18.2 Å². The summed E-state index contributed by atoms with van der Waals surface area (Å²) in [5.41, 5.74) is 1.22. The average molecular weight is 288 g/mol. The van der Waals surface area contributed by atoms with Gasteiger partial charge in [-0.1, -0.05) is 44.2 Å². The summed E-state index contributed by atoms with van der Waals surface area (Å²) in [7, 11) is 2.12. The molecule has 0 aliphatic carbocycles. The number of carbonyl (C=O) groups is 1. The van der Waals surface area contributed by atoms with Gasteiger partial charge in [-0.25, -0.2) is 0 Å². The SMILES string of the molecule is CC(C)C[C@H](NC(=O)C1CCN(C)CC1)c1ccccc1. The molecular weight excluding hydrogens is 260 g/mol. The summed E-state index contributed by atoms with van der Waals surface area (Å²) in [6.07, 6.45) is 2.94. The van der Waals surface area contributed by atoms with E-state index in [9.17, 15) is 4.79 Å². The highest BCUT2D eigenvalue weighted by Crippen LogP contribution is 2.23. The van der Waals surface area contributed by atoms with E-state index in [1.165, 1.54) is 5.56 Å². The van der Waals surface area contributed by atoms with Crippen LogP contribution in [0.3, 0.4) is 0 Å². The molecule has 1 fully saturated rings. The first-order valence-electron chi connectivity index (χ1n) is 8.10. The Morgan fingerprint density at radius 3 is 2.43 bits per heavy atom. The minimum absolute atomic E-state index is 0.137. The quantitative estimate of drug-likeness (QED) is 0.902. The van der Waals surface area contributed by atoms with Crippen LogP contribution in [-0.4, -0.2) is 30.9 Å². The van der Waals surface area contributed by atoms with E-state index >= 15 is 0 Å². The monoisotopic (exact) mass is 288 g/mol. The van der Waals surface area contributed by atoms with Gasteiger partial charge < -0.3 is 10.2 Å². The molecule has 1 aliphatic heterocycles. The third-order valence-corrected chi connectivity index (χ3v) is 4.31. The highest BCUT2D eigenvalue weighted by molar-refractivity contribution is 5.79. The fourth-order valence-electron chi connectivity index (χ4n) is 3.00. The van der Waals surface area contributed by atoms with Gasteiger partial charge in [-0.3, -0.25) is 4.79 Å². The molecule has 1 atom stereocenters. The number of nitrogens with zero attached hydrogens (tertiary/aromatic N) is 1. The number of piperidine rings is 1. The highest BCUT2D eigenvalue weighted by Gasteiger charge is 2.25. The minimum Gasteiger partial charge on any atom is -0.349 e. The van der Waals surface area contributed by atoms with Crippen molar-refractivity contribution >= 4 is 5.91 Å². The van der Waals surface area contributed by atoms with E-state index in [0.29, 0.717) is 5.92 Å². The van der Waals surface area contributed by atoms with Crippen LogP contribution < -0.4 is 5.32 Å². The maximum absolute atomic E-state index is 12.5. The smallest absolute Gasteiger partial charge is 0.223 e. The van der Waals surface area contributed by atoms with Gasteiger partial charge in [0, 0.05) is 5.92 Å². The van der Waals surface area contributed by atoms with E-state index < -0.39 is 0 Å². The van der Waals surface area contributed by atoms with Crippen LogP contribution in [0.5, 0.6) is 0 Å². The summed E-state index contributed by atoms with van der Waals surface area (Å²) >= 11 is 0.